The molecule has 0 saturated carbocycles. The molecule has 1 unspecified atom stereocenters. The highest BCUT2D eigenvalue weighted by Gasteiger charge is 2.24. The molecule has 12 nitrogen and oxygen atoms in total. The number of anilines is 2. The van der Waals surface area contributed by atoms with Crippen LogP contribution in [-0.4, -0.2) is 84.8 Å². The number of carbonyl (C=O) groups is 3. The second kappa shape index (κ2) is 22.0. The fraction of sp³-hybridized carbons (Fsp3) is 0.308. The number of phenols is 1. The Kier molecular flexibility index (Phi) is 15.6. The zero-order valence-electron chi connectivity index (χ0n) is 36.6. The van der Waals surface area contributed by atoms with E-state index < -0.39 is 6.09 Å². The Balaban J connectivity index is 0.755. The van der Waals surface area contributed by atoms with E-state index in [1.54, 1.807) is 24.1 Å². The summed E-state index contributed by atoms with van der Waals surface area (Å²) in [5.41, 5.74) is 7.98. The van der Waals surface area contributed by atoms with Crippen molar-refractivity contribution in [2.24, 2.45) is 0 Å². The number of nitrogens with one attached hydrogen (secondary N) is 4. The van der Waals surface area contributed by atoms with E-state index in [9.17, 15) is 24.3 Å². The number of fused-ring (bicyclic) bond motifs is 1. The van der Waals surface area contributed by atoms with Crippen molar-refractivity contribution in [2.75, 3.05) is 50.0 Å². The normalized spacial score (nSPS) is 13.6. The standard InChI is InChI=1S/C52H58N6O6/c1-36(53-30-25-41-18-22-47(59)51-45(41)21-23-48(60)56-51)34-38-14-12-37(13-15-38)24-29-54-49(61)35-39-16-19-42(20-17-39)57(2)50(62)28-33-58-31-26-43(27-32-58)64-52(63)55-46-11-7-6-10-44(46)40-8-4-3-5-9-40/h3-23,36,43,53,59H,24-35H2,1-2H3,(H,54,61)(H,55,63)(H,56,60). The molecule has 3 amide bonds. The molecule has 1 atom stereocenters. The Labute approximate surface area is 374 Å². The smallest absolute Gasteiger partial charge is 0.411 e. The lowest BCUT2D eigenvalue weighted by Gasteiger charge is -2.31. The van der Waals surface area contributed by atoms with Crippen molar-refractivity contribution in [3.8, 4) is 16.9 Å². The maximum atomic E-state index is 13.1. The van der Waals surface area contributed by atoms with Gasteiger partial charge in [-0.2, -0.15) is 0 Å². The van der Waals surface area contributed by atoms with E-state index in [0.717, 1.165) is 77.8 Å². The van der Waals surface area contributed by atoms with Crippen LogP contribution < -0.4 is 26.4 Å². The van der Waals surface area contributed by atoms with Crippen molar-refractivity contribution in [1.29, 1.82) is 0 Å². The molecular weight excluding hydrogens is 805 g/mol. The number of amides is 3. The lowest BCUT2D eigenvalue weighted by atomic mass is 10.0. The first-order valence-corrected chi connectivity index (χ1v) is 22.2. The molecule has 5 N–H and O–H groups in total. The third-order valence-corrected chi connectivity index (χ3v) is 11.9. The van der Waals surface area contributed by atoms with Gasteiger partial charge in [-0.05, 0) is 104 Å². The van der Waals surface area contributed by atoms with Gasteiger partial charge in [0.05, 0.1) is 17.6 Å². The SMILES string of the molecule is CC(Cc1ccc(CCNC(=O)Cc2ccc(N(C)C(=O)CCN3CCC(OC(=O)Nc4ccccc4-c4ccccc4)CC3)cc2)cc1)NCCc1ccc(O)c2[nH]c(=O)ccc12. The zero-order chi connectivity index (χ0) is 44.8. The molecule has 0 bridgehead atoms. The highest BCUT2D eigenvalue weighted by atomic mass is 16.6. The highest BCUT2D eigenvalue weighted by molar-refractivity contribution is 5.93. The van der Waals surface area contributed by atoms with Crippen molar-refractivity contribution in [3.63, 3.8) is 0 Å². The molecule has 332 valence electrons. The number of piperidine rings is 1. The summed E-state index contributed by atoms with van der Waals surface area (Å²) in [6, 6.07) is 40.7. The van der Waals surface area contributed by atoms with Gasteiger partial charge >= 0.3 is 6.09 Å². The van der Waals surface area contributed by atoms with Gasteiger partial charge in [0.25, 0.3) is 0 Å². The van der Waals surface area contributed by atoms with E-state index in [1.165, 1.54) is 11.6 Å². The van der Waals surface area contributed by atoms with Gasteiger partial charge in [-0.25, -0.2) is 4.79 Å². The monoisotopic (exact) mass is 862 g/mol. The van der Waals surface area contributed by atoms with Gasteiger partial charge in [0.1, 0.15) is 11.9 Å². The molecule has 1 fully saturated rings. The molecule has 0 aliphatic carbocycles. The summed E-state index contributed by atoms with van der Waals surface area (Å²) in [5, 5.41) is 20.5. The molecule has 1 aliphatic rings. The van der Waals surface area contributed by atoms with Crippen LogP contribution in [-0.2, 0) is 40.0 Å². The molecule has 5 aromatic carbocycles. The van der Waals surface area contributed by atoms with Crippen LogP contribution in [0.5, 0.6) is 5.75 Å². The molecule has 0 radical (unpaired) electrons. The summed E-state index contributed by atoms with van der Waals surface area (Å²) in [7, 11) is 1.78. The van der Waals surface area contributed by atoms with Crippen LogP contribution in [0, 0.1) is 0 Å². The van der Waals surface area contributed by atoms with Crippen molar-refractivity contribution >= 4 is 40.2 Å². The predicted molar refractivity (Wildman–Crippen MR) is 254 cm³/mol. The largest absolute Gasteiger partial charge is 0.506 e. The number of rotatable bonds is 18. The minimum Gasteiger partial charge on any atom is -0.506 e. The van der Waals surface area contributed by atoms with Crippen molar-refractivity contribution in [2.45, 2.75) is 64.0 Å². The third-order valence-electron chi connectivity index (χ3n) is 11.9. The van der Waals surface area contributed by atoms with Gasteiger partial charge in [-0.3, -0.25) is 19.7 Å². The van der Waals surface area contributed by atoms with Crippen LogP contribution in [0.15, 0.2) is 132 Å². The lowest BCUT2D eigenvalue weighted by molar-refractivity contribution is -0.120. The fourth-order valence-electron chi connectivity index (χ4n) is 8.24. The summed E-state index contributed by atoms with van der Waals surface area (Å²) in [4.78, 5) is 57.1. The molecule has 1 saturated heterocycles. The number of benzene rings is 5. The second-order valence-corrected chi connectivity index (χ2v) is 16.6. The molecule has 0 spiro atoms. The predicted octanol–water partition coefficient (Wildman–Crippen LogP) is 7.63. The fourth-order valence-corrected chi connectivity index (χ4v) is 8.24. The van der Waals surface area contributed by atoms with E-state index in [0.29, 0.717) is 43.6 Å². The maximum absolute atomic E-state index is 13.1. The van der Waals surface area contributed by atoms with Gasteiger partial charge in [0.2, 0.25) is 17.4 Å². The molecule has 1 aromatic heterocycles. The molecule has 2 heterocycles. The number of ether oxygens (including phenoxy) is 1. The minimum atomic E-state index is -0.461. The van der Waals surface area contributed by atoms with Gasteiger partial charge in [0.15, 0.2) is 0 Å². The van der Waals surface area contributed by atoms with Gasteiger partial charge in [0, 0.05) is 68.4 Å². The van der Waals surface area contributed by atoms with Crippen molar-refractivity contribution in [3.05, 3.63) is 160 Å². The van der Waals surface area contributed by atoms with Crippen LogP contribution in [0.3, 0.4) is 0 Å². The topological polar surface area (TPSA) is 156 Å². The Morgan fingerprint density at radius 2 is 1.52 bits per heavy atom. The van der Waals surface area contributed by atoms with Gasteiger partial charge in [-0.15, -0.1) is 0 Å². The number of H-pyrrole nitrogens is 1. The van der Waals surface area contributed by atoms with E-state index in [4.69, 9.17) is 4.74 Å². The first-order valence-electron chi connectivity index (χ1n) is 22.2. The second-order valence-electron chi connectivity index (χ2n) is 16.6. The molecule has 7 rings (SSSR count). The van der Waals surface area contributed by atoms with Crippen molar-refractivity contribution < 1.29 is 24.2 Å². The number of hydrogen-bond acceptors (Lipinski definition) is 8. The Bertz CT molecular complexity index is 2550. The Morgan fingerprint density at radius 3 is 2.28 bits per heavy atom. The number of phenolic OH excluding ortho intramolecular Hbond substituents is 1. The highest BCUT2D eigenvalue weighted by Crippen LogP contribution is 2.28. The number of carbonyl (C=O) groups excluding carboxylic acids is 3. The summed E-state index contributed by atoms with van der Waals surface area (Å²) < 4.78 is 5.78. The first-order chi connectivity index (χ1) is 31.1. The maximum Gasteiger partial charge on any atom is 0.411 e. The average molecular weight is 863 g/mol. The summed E-state index contributed by atoms with van der Waals surface area (Å²) >= 11 is 0. The zero-order valence-corrected chi connectivity index (χ0v) is 36.6. The quantitative estimate of drug-likeness (QED) is 0.0591. The third kappa shape index (κ3) is 12.7. The molecule has 64 heavy (non-hydrogen) atoms. The summed E-state index contributed by atoms with van der Waals surface area (Å²) in [5.74, 6) is 0.0313. The van der Waals surface area contributed by atoms with E-state index in [-0.39, 0.29) is 41.7 Å². The Morgan fingerprint density at radius 1 is 0.812 bits per heavy atom. The lowest BCUT2D eigenvalue weighted by Crippen LogP contribution is -2.40. The number of para-hydroxylation sites is 1. The van der Waals surface area contributed by atoms with Crippen LogP contribution in [0.25, 0.3) is 22.0 Å². The molecule has 12 heteroatoms. The average Bonchev–Trinajstić information content (AvgIpc) is 3.30. The van der Waals surface area contributed by atoms with E-state index in [2.05, 4.69) is 57.0 Å². The van der Waals surface area contributed by atoms with Gasteiger partial charge in [-0.1, -0.05) is 91.0 Å². The number of aromatic nitrogens is 1. The van der Waals surface area contributed by atoms with E-state index >= 15 is 0 Å². The minimum absolute atomic E-state index is 0.0107. The number of aromatic hydroxyl groups is 1. The number of nitrogens with zero attached hydrogens (tertiary/aromatic N) is 2. The molecule has 6 aromatic rings. The molecule has 1 aliphatic heterocycles. The molecular formula is C52H58N6O6. The Hall–Kier alpha value is -6.76. The van der Waals surface area contributed by atoms with Crippen LogP contribution >= 0.6 is 0 Å². The number of likely N-dealkylation sites (tertiary alicyclic amines) is 1. The number of hydrogen-bond donors (Lipinski definition) is 5. The summed E-state index contributed by atoms with van der Waals surface area (Å²) in [6.07, 6.45) is 3.75. The summed E-state index contributed by atoms with van der Waals surface area (Å²) in [6.45, 7) is 5.57. The number of pyridine rings is 1. The van der Waals surface area contributed by atoms with Crippen molar-refractivity contribution in [1.82, 2.24) is 20.5 Å². The van der Waals surface area contributed by atoms with E-state index in [1.807, 2.05) is 84.9 Å². The van der Waals surface area contributed by atoms with Crippen LogP contribution in [0.4, 0.5) is 16.2 Å². The number of aromatic amines is 1. The van der Waals surface area contributed by atoms with Crippen LogP contribution in [0.1, 0.15) is 48.4 Å². The van der Waals surface area contributed by atoms with Crippen LogP contribution in [0.2, 0.25) is 0 Å². The first kappa shape index (κ1) is 45.3. The van der Waals surface area contributed by atoms with Gasteiger partial charge < -0.3 is 35.3 Å².